The number of benzene rings is 1. The Morgan fingerprint density at radius 3 is 2.52 bits per heavy atom. The molecule has 1 aliphatic heterocycles. The fraction of sp³-hybridized carbons (Fsp3) is 0.611. The Morgan fingerprint density at radius 2 is 1.81 bits per heavy atom. The van der Waals surface area contributed by atoms with Crippen LogP contribution in [-0.4, -0.2) is 29.9 Å². The molecule has 1 saturated heterocycles. The van der Waals surface area contributed by atoms with E-state index in [9.17, 15) is 4.79 Å². The van der Waals surface area contributed by atoms with E-state index >= 15 is 0 Å². The van der Waals surface area contributed by atoms with Gasteiger partial charge in [0, 0.05) is 19.1 Å². The van der Waals surface area contributed by atoms with Crippen LogP contribution in [0.3, 0.4) is 0 Å². The molecule has 1 heterocycles. The number of likely N-dealkylation sites (tertiary alicyclic amines) is 1. The molecule has 1 saturated carbocycles. The lowest BCUT2D eigenvalue weighted by molar-refractivity contribution is -0.135. The zero-order valence-corrected chi connectivity index (χ0v) is 13.1. The van der Waals surface area contributed by atoms with Gasteiger partial charge in [0.2, 0.25) is 5.91 Å². The summed E-state index contributed by atoms with van der Waals surface area (Å²) in [5.74, 6) is 1.54. The number of hydrogen-bond acceptors (Lipinski definition) is 2. The largest absolute Gasteiger partial charge is 0.341 e. The predicted molar refractivity (Wildman–Crippen MR) is 84.9 cm³/mol. The summed E-state index contributed by atoms with van der Waals surface area (Å²) in [5, 5.41) is 0. The summed E-state index contributed by atoms with van der Waals surface area (Å²) < 4.78 is 0. The van der Waals surface area contributed by atoms with E-state index in [2.05, 4.69) is 17.0 Å². The highest BCUT2D eigenvalue weighted by Gasteiger charge is 2.42. The van der Waals surface area contributed by atoms with Crippen LogP contribution in [0.4, 0.5) is 0 Å². The van der Waals surface area contributed by atoms with Crippen LogP contribution < -0.4 is 5.73 Å². The molecule has 114 valence electrons. The first-order valence-corrected chi connectivity index (χ1v) is 8.09. The molecular formula is C18H26N2O. The molecular weight excluding hydrogens is 260 g/mol. The van der Waals surface area contributed by atoms with Gasteiger partial charge in [0.1, 0.15) is 0 Å². The van der Waals surface area contributed by atoms with E-state index in [1.807, 2.05) is 32.0 Å². The minimum absolute atomic E-state index is 0.261. The molecule has 1 unspecified atom stereocenters. The summed E-state index contributed by atoms with van der Waals surface area (Å²) in [7, 11) is 0. The molecule has 1 amide bonds. The third kappa shape index (κ3) is 2.71. The maximum atomic E-state index is 13.0. The van der Waals surface area contributed by atoms with Gasteiger partial charge in [-0.25, -0.2) is 0 Å². The fourth-order valence-electron chi connectivity index (χ4n) is 4.01. The molecule has 1 aliphatic carbocycles. The van der Waals surface area contributed by atoms with E-state index in [4.69, 9.17) is 5.73 Å². The summed E-state index contributed by atoms with van der Waals surface area (Å²) in [4.78, 5) is 15.1. The van der Waals surface area contributed by atoms with E-state index in [1.54, 1.807) is 0 Å². The Hall–Kier alpha value is -1.35. The molecule has 2 aliphatic rings. The summed E-state index contributed by atoms with van der Waals surface area (Å²) in [5.41, 5.74) is 6.74. The van der Waals surface area contributed by atoms with Crippen LogP contribution in [0.25, 0.3) is 0 Å². The standard InChI is InChI=1S/C18H26N2O/c1-18(2,15-6-4-3-5-7-15)17(21)20-11-13-8-9-16(19)10-14(13)12-20/h3-7,13-14,16H,8-12,19H2,1-2H3/t13-,14+,16?/m1/s1. The summed E-state index contributed by atoms with van der Waals surface area (Å²) in [6.45, 7) is 5.90. The monoisotopic (exact) mass is 286 g/mol. The number of carbonyl (C=O) groups excluding carboxylic acids is 1. The van der Waals surface area contributed by atoms with E-state index in [0.717, 1.165) is 31.5 Å². The second kappa shape index (κ2) is 5.45. The zero-order chi connectivity index (χ0) is 15.0. The van der Waals surface area contributed by atoms with Gasteiger partial charge in [0.05, 0.1) is 5.41 Å². The van der Waals surface area contributed by atoms with Gasteiger partial charge in [-0.2, -0.15) is 0 Å². The van der Waals surface area contributed by atoms with Crippen LogP contribution in [0.2, 0.25) is 0 Å². The molecule has 0 bridgehead atoms. The van der Waals surface area contributed by atoms with Crippen molar-refractivity contribution in [1.82, 2.24) is 4.90 Å². The van der Waals surface area contributed by atoms with Gasteiger partial charge in [-0.1, -0.05) is 30.3 Å². The van der Waals surface area contributed by atoms with Gasteiger partial charge < -0.3 is 10.6 Å². The van der Waals surface area contributed by atoms with Crippen LogP contribution in [0.5, 0.6) is 0 Å². The van der Waals surface area contributed by atoms with E-state index in [0.29, 0.717) is 17.9 Å². The minimum Gasteiger partial charge on any atom is -0.341 e. The van der Waals surface area contributed by atoms with Crippen LogP contribution >= 0.6 is 0 Å². The number of amides is 1. The van der Waals surface area contributed by atoms with Crippen LogP contribution in [0, 0.1) is 11.8 Å². The third-order valence-electron chi connectivity index (χ3n) is 5.41. The molecule has 3 atom stereocenters. The van der Waals surface area contributed by atoms with Crippen molar-refractivity contribution in [3.8, 4) is 0 Å². The molecule has 1 aromatic rings. The van der Waals surface area contributed by atoms with Crippen molar-refractivity contribution in [2.75, 3.05) is 13.1 Å². The quantitative estimate of drug-likeness (QED) is 0.908. The third-order valence-corrected chi connectivity index (χ3v) is 5.41. The normalized spacial score (nSPS) is 29.3. The minimum atomic E-state index is -0.448. The summed E-state index contributed by atoms with van der Waals surface area (Å²) in [6, 6.07) is 10.5. The van der Waals surface area contributed by atoms with Gasteiger partial charge in [-0.15, -0.1) is 0 Å². The fourth-order valence-corrected chi connectivity index (χ4v) is 4.01. The number of nitrogens with two attached hydrogens (primary N) is 1. The van der Waals surface area contributed by atoms with E-state index in [-0.39, 0.29) is 5.91 Å². The zero-order valence-electron chi connectivity index (χ0n) is 13.1. The first-order valence-electron chi connectivity index (χ1n) is 8.09. The molecule has 21 heavy (non-hydrogen) atoms. The Labute approximate surface area is 127 Å². The number of hydrogen-bond donors (Lipinski definition) is 1. The van der Waals surface area contributed by atoms with E-state index < -0.39 is 5.41 Å². The molecule has 0 radical (unpaired) electrons. The molecule has 0 aromatic heterocycles. The van der Waals surface area contributed by atoms with Gasteiger partial charge in [-0.05, 0) is 50.5 Å². The predicted octanol–water partition coefficient (Wildman–Crippen LogP) is 2.55. The first kappa shape index (κ1) is 14.6. The van der Waals surface area contributed by atoms with Crippen LogP contribution in [0.1, 0.15) is 38.7 Å². The maximum Gasteiger partial charge on any atom is 0.232 e. The summed E-state index contributed by atoms with van der Waals surface area (Å²) >= 11 is 0. The first-order chi connectivity index (χ1) is 9.98. The van der Waals surface area contributed by atoms with Gasteiger partial charge >= 0.3 is 0 Å². The molecule has 0 spiro atoms. The summed E-state index contributed by atoms with van der Waals surface area (Å²) in [6.07, 6.45) is 3.38. The number of fused-ring (bicyclic) bond motifs is 1. The van der Waals surface area contributed by atoms with Crippen LogP contribution in [0.15, 0.2) is 30.3 Å². The van der Waals surface area contributed by atoms with Crippen molar-refractivity contribution < 1.29 is 4.79 Å². The Balaban J connectivity index is 1.74. The molecule has 3 heteroatoms. The topological polar surface area (TPSA) is 46.3 Å². The highest BCUT2D eigenvalue weighted by Crippen LogP contribution is 2.37. The van der Waals surface area contributed by atoms with Crippen molar-refractivity contribution in [3.63, 3.8) is 0 Å². The van der Waals surface area contributed by atoms with Crippen molar-refractivity contribution in [2.24, 2.45) is 17.6 Å². The molecule has 2 fully saturated rings. The Morgan fingerprint density at radius 1 is 1.14 bits per heavy atom. The average molecular weight is 286 g/mol. The smallest absolute Gasteiger partial charge is 0.232 e. The second-order valence-corrected chi connectivity index (χ2v) is 7.29. The van der Waals surface area contributed by atoms with Crippen molar-refractivity contribution in [1.29, 1.82) is 0 Å². The highest BCUT2D eigenvalue weighted by atomic mass is 16.2. The van der Waals surface area contributed by atoms with Crippen molar-refractivity contribution >= 4 is 5.91 Å². The Bertz CT molecular complexity index is 511. The highest BCUT2D eigenvalue weighted by molar-refractivity contribution is 5.87. The number of nitrogens with zero attached hydrogens (tertiary/aromatic N) is 1. The lowest BCUT2D eigenvalue weighted by Gasteiger charge is -2.30. The molecule has 2 N–H and O–H groups in total. The van der Waals surface area contributed by atoms with Gasteiger partial charge in [0.25, 0.3) is 0 Å². The van der Waals surface area contributed by atoms with Gasteiger partial charge in [0.15, 0.2) is 0 Å². The molecule has 3 rings (SSSR count). The maximum absolute atomic E-state index is 13.0. The lowest BCUT2D eigenvalue weighted by Crippen LogP contribution is -2.42. The second-order valence-electron chi connectivity index (χ2n) is 7.29. The molecule has 1 aromatic carbocycles. The van der Waals surface area contributed by atoms with E-state index in [1.165, 1.54) is 6.42 Å². The average Bonchev–Trinajstić information content (AvgIpc) is 2.90. The Kier molecular flexibility index (Phi) is 3.78. The van der Waals surface area contributed by atoms with Crippen LogP contribution in [-0.2, 0) is 10.2 Å². The number of carbonyl (C=O) groups is 1. The van der Waals surface area contributed by atoms with Crippen molar-refractivity contribution in [2.45, 2.75) is 44.6 Å². The van der Waals surface area contributed by atoms with Crippen molar-refractivity contribution in [3.05, 3.63) is 35.9 Å². The lowest BCUT2D eigenvalue weighted by atomic mass is 9.79. The van der Waals surface area contributed by atoms with Gasteiger partial charge in [-0.3, -0.25) is 4.79 Å². The number of rotatable bonds is 2. The molecule has 3 nitrogen and oxygen atoms in total. The SMILES string of the molecule is CC(C)(C(=O)N1C[C@H]2CCC(N)C[C@H]2C1)c1ccccc1.